The molecule has 0 aromatic heterocycles. The molecule has 1 fully saturated rings. The molecule has 1 aromatic rings. The summed E-state index contributed by atoms with van der Waals surface area (Å²) >= 11 is 0. The number of hydrogen-bond acceptors (Lipinski definition) is 3. The Kier molecular flexibility index (Phi) is 5.38. The molecule has 19 heavy (non-hydrogen) atoms. The number of benzene rings is 1. The number of nitrogens with one attached hydrogen (secondary N) is 1. The summed E-state index contributed by atoms with van der Waals surface area (Å²) in [6.45, 7) is 7.83. The SMILES string of the molecule is Cc1ccc(S(=O)(=O)N2CCNC[C@H]2C)cc1C.Cl. The number of nitrogens with zero attached hydrogens (tertiary/aromatic N) is 1. The fourth-order valence-corrected chi connectivity index (χ4v) is 3.91. The van der Waals surface area contributed by atoms with Gasteiger partial charge < -0.3 is 5.32 Å². The molecule has 1 atom stereocenters. The normalized spacial score (nSPS) is 20.9. The molecule has 0 unspecified atom stereocenters. The van der Waals surface area contributed by atoms with Gasteiger partial charge in [-0.2, -0.15) is 4.31 Å². The van der Waals surface area contributed by atoms with Crippen molar-refractivity contribution in [2.45, 2.75) is 31.7 Å². The lowest BCUT2D eigenvalue weighted by Crippen LogP contribution is -2.52. The topological polar surface area (TPSA) is 49.4 Å². The quantitative estimate of drug-likeness (QED) is 0.905. The van der Waals surface area contributed by atoms with Crippen LogP contribution in [0.5, 0.6) is 0 Å². The molecule has 1 aromatic carbocycles. The van der Waals surface area contributed by atoms with E-state index in [0.717, 1.165) is 11.1 Å². The van der Waals surface area contributed by atoms with E-state index in [1.807, 2.05) is 26.8 Å². The number of halogens is 1. The van der Waals surface area contributed by atoms with E-state index in [1.54, 1.807) is 16.4 Å². The summed E-state index contributed by atoms with van der Waals surface area (Å²) in [4.78, 5) is 0.402. The van der Waals surface area contributed by atoms with E-state index < -0.39 is 10.0 Å². The van der Waals surface area contributed by atoms with Gasteiger partial charge in [-0.15, -0.1) is 12.4 Å². The van der Waals surface area contributed by atoms with Crippen molar-refractivity contribution in [2.75, 3.05) is 19.6 Å². The lowest BCUT2D eigenvalue weighted by atomic mass is 10.1. The van der Waals surface area contributed by atoms with Crippen molar-refractivity contribution in [3.63, 3.8) is 0 Å². The van der Waals surface area contributed by atoms with Gasteiger partial charge in [0.1, 0.15) is 0 Å². The Labute approximate surface area is 121 Å². The Hall–Kier alpha value is -0.620. The molecule has 2 rings (SSSR count). The van der Waals surface area contributed by atoms with Crippen LogP contribution in [-0.2, 0) is 10.0 Å². The third-order valence-electron chi connectivity index (χ3n) is 3.53. The summed E-state index contributed by atoms with van der Waals surface area (Å²) in [7, 11) is -3.36. The molecule has 108 valence electrons. The molecule has 1 aliphatic heterocycles. The molecule has 0 radical (unpaired) electrons. The number of hydrogen-bond donors (Lipinski definition) is 1. The van der Waals surface area contributed by atoms with E-state index in [4.69, 9.17) is 0 Å². The third-order valence-corrected chi connectivity index (χ3v) is 5.53. The molecule has 1 saturated heterocycles. The second kappa shape index (κ2) is 6.22. The monoisotopic (exact) mass is 304 g/mol. The van der Waals surface area contributed by atoms with Gasteiger partial charge in [0, 0.05) is 25.7 Å². The van der Waals surface area contributed by atoms with Gasteiger partial charge in [-0.1, -0.05) is 6.07 Å². The molecule has 0 amide bonds. The molecule has 0 spiro atoms. The fraction of sp³-hybridized carbons (Fsp3) is 0.538. The van der Waals surface area contributed by atoms with Crippen LogP contribution in [0.15, 0.2) is 23.1 Å². The highest BCUT2D eigenvalue weighted by Gasteiger charge is 2.30. The first-order valence-electron chi connectivity index (χ1n) is 6.23. The number of piperazine rings is 1. The summed E-state index contributed by atoms with van der Waals surface area (Å²) in [5.41, 5.74) is 2.13. The lowest BCUT2D eigenvalue weighted by Gasteiger charge is -2.32. The minimum Gasteiger partial charge on any atom is -0.314 e. The van der Waals surface area contributed by atoms with Crippen LogP contribution in [0.25, 0.3) is 0 Å². The molecule has 1 heterocycles. The van der Waals surface area contributed by atoms with E-state index in [0.29, 0.717) is 24.5 Å². The Bertz CT molecular complexity index is 546. The summed E-state index contributed by atoms with van der Waals surface area (Å²) in [6, 6.07) is 5.34. The first-order valence-corrected chi connectivity index (χ1v) is 7.67. The molecule has 4 nitrogen and oxygen atoms in total. The molecule has 1 N–H and O–H groups in total. The van der Waals surface area contributed by atoms with Gasteiger partial charge in [0.05, 0.1) is 4.90 Å². The molecule has 0 bridgehead atoms. The van der Waals surface area contributed by atoms with E-state index in [9.17, 15) is 8.42 Å². The van der Waals surface area contributed by atoms with Crippen LogP contribution in [-0.4, -0.2) is 38.4 Å². The van der Waals surface area contributed by atoms with Crippen molar-refractivity contribution < 1.29 is 8.42 Å². The average molecular weight is 305 g/mol. The fourth-order valence-electron chi connectivity index (χ4n) is 2.19. The summed E-state index contributed by atoms with van der Waals surface area (Å²) in [5, 5.41) is 3.20. The van der Waals surface area contributed by atoms with Gasteiger partial charge in [0.15, 0.2) is 0 Å². The predicted molar refractivity (Wildman–Crippen MR) is 79.4 cm³/mol. The van der Waals surface area contributed by atoms with Crippen LogP contribution >= 0.6 is 12.4 Å². The van der Waals surface area contributed by atoms with E-state index in [2.05, 4.69) is 5.32 Å². The largest absolute Gasteiger partial charge is 0.314 e. The Morgan fingerprint density at radius 3 is 2.53 bits per heavy atom. The van der Waals surface area contributed by atoms with Crippen molar-refractivity contribution >= 4 is 22.4 Å². The van der Waals surface area contributed by atoms with Crippen LogP contribution < -0.4 is 5.32 Å². The van der Waals surface area contributed by atoms with Gasteiger partial charge in [0.2, 0.25) is 10.0 Å². The average Bonchev–Trinajstić information content (AvgIpc) is 2.33. The minimum atomic E-state index is -3.36. The first-order chi connectivity index (χ1) is 8.43. The number of sulfonamides is 1. The van der Waals surface area contributed by atoms with Crippen LogP contribution in [0.2, 0.25) is 0 Å². The number of aryl methyl sites for hydroxylation is 2. The van der Waals surface area contributed by atoms with Crippen LogP contribution in [0, 0.1) is 13.8 Å². The van der Waals surface area contributed by atoms with E-state index in [-0.39, 0.29) is 18.4 Å². The smallest absolute Gasteiger partial charge is 0.243 e. The summed E-state index contributed by atoms with van der Waals surface area (Å²) in [5.74, 6) is 0. The Morgan fingerprint density at radius 2 is 1.95 bits per heavy atom. The highest BCUT2D eigenvalue weighted by Crippen LogP contribution is 2.21. The van der Waals surface area contributed by atoms with Crippen molar-refractivity contribution in [2.24, 2.45) is 0 Å². The predicted octanol–water partition coefficient (Wildman–Crippen LogP) is 1.71. The second-order valence-corrected chi connectivity index (χ2v) is 6.81. The molecular weight excluding hydrogens is 284 g/mol. The third kappa shape index (κ3) is 3.28. The maximum atomic E-state index is 12.6. The number of rotatable bonds is 2. The summed E-state index contributed by atoms with van der Waals surface area (Å²) in [6.07, 6.45) is 0. The van der Waals surface area contributed by atoms with Gasteiger partial charge in [-0.25, -0.2) is 8.42 Å². The molecule has 0 aliphatic carbocycles. The molecule has 1 aliphatic rings. The second-order valence-electron chi connectivity index (χ2n) is 4.91. The maximum absolute atomic E-state index is 12.6. The zero-order valence-corrected chi connectivity index (χ0v) is 13.1. The zero-order chi connectivity index (χ0) is 13.3. The van der Waals surface area contributed by atoms with E-state index >= 15 is 0 Å². The van der Waals surface area contributed by atoms with Crippen LogP contribution in [0.4, 0.5) is 0 Å². The van der Waals surface area contributed by atoms with Crippen molar-refractivity contribution in [3.8, 4) is 0 Å². The maximum Gasteiger partial charge on any atom is 0.243 e. The first kappa shape index (κ1) is 16.4. The van der Waals surface area contributed by atoms with Crippen LogP contribution in [0.1, 0.15) is 18.1 Å². The van der Waals surface area contributed by atoms with Gasteiger partial charge >= 0.3 is 0 Å². The molecule has 0 saturated carbocycles. The Morgan fingerprint density at radius 1 is 1.26 bits per heavy atom. The van der Waals surface area contributed by atoms with Crippen molar-refractivity contribution in [1.82, 2.24) is 9.62 Å². The Balaban J connectivity index is 0.00000180. The van der Waals surface area contributed by atoms with E-state index in [1.165, 1.54) is 0 Å². The van der Waals surface area contributed by atoms with Gasteiger partial charge in [-0.3, -0.25) is 0 Å². The summed E-state index contributed by atoms with van der Waals surface area (Å²) < 4.78 is 26.7. The standard InChI is InChI=1S/C13H20N2O2S.ClH/c1-10-4-5-13(8-11(10)2)18(16,17)15-7-6-14-9-12(15)3;/h4-5,8,12,14H,6-7,9H2,1-3H3;1H/t12-;/m1./s1. The van der Waals surface area contributed by atoms with Gasteiger partial charge in [-0.05, 0) is 44.0 Å². The highest BCUT2D eigenvalue weighted by molar-refractivity contribution is 7.89. The zero-order valence-electron chi connectivity index (χ0n) is 11.5. The molecular formula is C13H21ClN2O2S. The highest BCUT2D eigenvalue weighted by atomic mass is 35.5. The van der Waals surface area contributed by atoms with Crippen molar-refractivity contribution in [3.05, 3.63) is 29.3 Å². The van der Waals surface area contributed by atoms with Gasteiger partial charge in [0.25, 0.3) is 0 Å². The van der Waals surface area contributed by atoms with Crippen LogP contribution in [0.3, 0.4) is 0 Å². The lowest BCUT2D eigenvalue weighted by molar-refractivity contribution is 0.284. The molecule has 6 heteroatoms. The minimum absolute atomic E-state index is 0. The van der Waals surface area contributed by atoms with Crippen molar-refractivity contribution in [1.29, 1.82) is 0 Å².